The summed E-state index contributed by atoms with van der Waals surface area (Å²) in [6, 6.07) is 5.70. The van der Waals surface area contributed by atoms with Crippen molar-refractivity contribution in [3.05, 3.63) is 41.5 Å². The highest BCUT2D eigenvalue weighted by molar-refractivity contribution is 5.90. The van der Waals surface area contributed by atoms with Crippen molar-refractivity contribution in [3.63, 3.8) is 0 Å². The van der Waals surface area contributed by atoms with Crippen molar-refractivity contribution in [1.29, 1.82) is 0 Å². The van der Waals surface area contributed by atoms with Crippen LogP contribution >= 0.6 is 0 Å². The van der Waals surface area contributed by atoms with Gasteiger partial charge in [0.1, 0.15) is 18.0 Å². The standard InChI is InChI=1S/C21H27N5O2/c1-14-4-3-9-26(12-14)19-10-18(23-13-24-19)22-11-16-7-8-17(21(27)28-2)20(25-16)15-5-6-15/h7-8,10,13-15H,3-6,9,11-12H2,1-2H3,(H,22,23,24). The van der Waals surface area contributed by atoms with Gasteiger partial charge in [0.2, 0.25) is 0 Å². The van der Waals surface area contributed by atoms with Crippen molar-refractivity contribution in [3.8, 4) is 0 Å². The molecule has 0 aromatic carbocycles. The molecule has 0 bridgehead atoms. The van der Waals surface area contributed by atoms with Crippen LogP contribution in [0.2, 0.25) is 0 Å². The number of nitrogens with zero attached hydrogens (tertiary/aromatic N) is 4. The van der Waals surface area contributed by atoms with Gasteiger partial charge in [-0.3, -0.25) is 4.98 Å². The SMILES string of the molecule is COC(=O)c1ccc(CNc2cc(N3CCCC(C)C3)ncn2)nc1C1CC1. The first kappa shape index (κ1) is 18.7. The number of anilines is 2. The molecule has 1 aliphatic heterocycles. The fourth-order valence-electron chi connectivity index (χ4n) is 3.76. The predicted molar refractivity (Wildman–Crippen MR) is 108 cm³/mol. The molecule has 2 fully saturated rings. The monoisotopic (exact) mass is 381 g/mol. The van der Waals surface area contributed by atoms with Crippen molar-refractivity contribution >= 4 is 17.6 Å². The van der Waals surface area contributed by atoms with Crippen LogP contribution in [0, 0.1) is 5.92 Å². The highest BCUT2D eigenvalue weighted by Crippen LogP contribution is 2.40. The number of carbonyl (C=O) groups is 1. The third-order valence-corrected chi connectivity index (χ3v) is 5.44. The number of methoxy groups -OCH3 is 1. The van der Waals surface area contributed by atoms with Crippen LogP contribution in [0.15, 0.2) is 24.5 Å². The van der Waals surface area contributed by atoms with Gasteiger partial charge in [-0.15, -0.1) is 0 Å². The Labute approximate surface area is 165 Å². The van der Waals surface area contributed by atoms with Crippen LogP contribution in [-0.2, 0) is 11.3 Å². The number of carbonyl (C=O) groups excluding carboxylic acids is 1. The molecule has 2 aromatic heterocycles. The summed E-state index contributed by atoms with van der Waals surface area (Å²) in [5.74, 6) is 2.51. The van der Waals surface area contributed by atoms with Crippen molar-refractivity contribution in [2.75, 3.05) is 30.4 Å². The van der Waals surface area contributed by atoms with E-state index in [-0.39, 0.29) is 5.97 Å². The Morgan fingerprint density at radius 1 is 1.29 bits per heavy atom. The van der Waals surface area contributed by atoms with Crippen molar-refractivity contribution in [2.45, 2.75) is 45.1 Å². The van der Waals surface area contributed by atoms with Gasteiger partial charge in [0.15, 0.2) is 0 Å². The maximum absolute atomic E-state index is 12.0. The average Bonchev–Trinajstić information content (AvgIpc) is 3.57. The highest BCUT2D eigenvalue weighted by atomic mass is 16.5. The molecule has 7 heteroatoms. The van der Waals surface area contributed by atoms with Gasteiger partial charge >= 0.3 is 5.97 Å². The number of ether oxygens (including phenoxy) is 1. The number of hydrogen-bond acceptors (Lipinski definition) is 7. The first-order chi connectivity index (χ1) is 13.6. The largest absolute Gasteiger partial charge is 0.465 e. The lowest BCUT2D eigenvalue weighted by Gasteiger charge is -2.31. The number of esters is 1. The summed E-state index contributed by atoms with van der Waals surface area (Å²) >= 11 is 0. The van der Waals surface area contributed by atoms with E-state index in [1.54, 1.807) is 6.33 Å². The van der Waals surface area contributed by atoms with Gasteiger partial charge in [-0.1, -0.05) is 6.92 Å². The molecule has 0 spiro atoms. The lowest BCUT2D eigenvalue weighted by molar-refractivity contribution is 0.0598. The van der Waals surface area contributed by atoms with Crippen molar-refractivity contribution in [1.82, 2.24) is 15.0 Å². The summed E-state index contributed by atoms with van der Waals surface area (Å²) in [7, 11) is 1.41. The third-order valence-electron chi connectivity index (χ3n) is 5.44. The Morgan fingerprint density at radius 2 is 2.14 bits per heavy atom. The topological polar surface area (TPSA) is 80.2 Å². The summed E-state index contributed by atoms with van der Waals surface area (Å²) in [6.07, 6.45) is 6.26. The van der Waals surface area contributed by atoms with E-state index in [4.69, 9.17) is 9.72 Å². The Kier molecular flexibility index (Phi) is 5.41. The number of aromatic nitrogens is 3. The van der Waals surface area contributed by atoms with Crippen LogP contribution in [-0.4, -0.2) is 41.1 Å². The Morgan fingerprint density at radius 3 is 2.89 bits per heavy atom. The first-order valence-corrected chi connectivity index (χ1v) is 10.0. The second-order valence-electron chi connectivity index (χ2n) is 7.81. The van der Waals surface area contributed by atoms with Gasteiger partial charge in [0.25, 0.3) is 0 Å². The fraction of sp³-hybridized carbons (Fsp3) is 0.524. The second-order valence-corrected chi connectivity index (χ2v) is 7.81. The van der Waals surface area contributed by atoms with E-state index in [9.17, 15) is 4.79 Å². The molecule has 1 saturated carbocycles. The minimum Gasteiger partial charge on any atom is -0.465 e. The minimum atomic E-state index is -0.315. The summed E-state index contributed by atoms with van der Waals surface area (Å²) in [6.45, 7) is 4.92. The van der Waals surface area contributed by atoms with E-state index in [1.165, 1.54) is 20.0 Å². The van der Waals surface area contributed by atoms with E-state index in [2.05, 4.69) is 27.1 Å². The van der Waals surface area contributed by atoms with Gasteiger partial charge in [-0.25, -0.2) is 14.8 Å². The smallest absolute Gasteiger partial charge is 0.339 e. The van der Waals surface area contributed by atoms with Crippen LogP contribution in [0.4, 0.5) is 11.6 Å². The summed E-state index contributed by atoms with van der Waals surface area (Å²) in [5, 5.41) is 3.34. The molecule has 1 N–H and O–H groups in total. The lowest BCUT2D eigenvalue weighted by Crippen LogP contribution is -2.34. The highest BCUT2D eigenvalue weighted by Gasteiger charge is 2.30. The summed E-state index contributed by atoms with van der Waals surface area (Å²) in [4.78, 5) is 27.8. The van der Waals surface area contributed by atoms with Crippen LogP contribution in [0.25, 0.3) is 0 Å². The van der Waals surface area contributed by atoms with Gasteiger partial charge in [0.05, 0.1) is 30.6 Å². The van der Waals surface area contributed by atoms with E-state index in [1.807, 2.05) is 18.2 Å². The van der Waals surface area contributed by atoms with Gasteiger partial charge in [0, 0.05) is 25.1 Å². The molecular formula is C21H27N5O2. The van der Waals surface area contributed by atoms with Crippen LogP contribution in [0.5, 0.6) is 0 Å². The van der Waals surface area contributed by atoms with Crippen LogP contribution < -0.4 is 10.2 Å². The maximum Gasteiger partial charge on any atom is 0.339 e. The van der Waals surface area contributed by atoms with Crippen LogP contribution in [0.3, 0.4) is 0 Å². The molecule has 148 valence electrons. The molecule has 3 heterocycles. The van der Waals surface area contributed by atoms with E-state index in [0.717, 1.165) is 49.0 Å². The molecule has 2 aliphatic rings. The van der Waals surface area contributed by atoms with Crippen molar-refractivity contribution < 1.29 is 9.53 Å². The summed E-state index contributed by atoms with van der Waals surface area (Å²) in [5.41, 5.74) is 2.33. The fourth-order valence-corrected chi connectivity index (χ4v) is 3.76. The molecule has 0 amide bonds. The molecule has 1 atom stereocenters. The number of nitrogens with one attached hydrogen (secondary N) is 1. The zero-order valence-electron chi connectivity index (χ0n) is 16.5. The van der Waals surface area contributed by atoms with E-state index >= 15 is 0 Å². The zero-order chi connectivity index (χ0) is 19.5. The van der Waals surface area contributed by atoms with E-state index in [0.29, 0.717) is 23.9 Å². The quantitative estimate of drug-likeness (QED) is 0.768. The maximum atomic E-state index is 12.0. The molecule has 1 unspecified atom stereocenters. The molecule has 1 aliphatic carbocycles. The second kappa shape index (κ2) is 8.12. The number of hydrogen-bond donors (Lipinski definition) is 1. The van der Waals surface area contributed by atoms with Gasteiger partial charge in [-0.2, -0.15) is 0 Å². The normalized spacial score (nSPS) is 19.4. The number of rotatable bonds is 6. The molecular weight excluding hydrogens is 354 g/mol. The average molecular weight is 381 g/mol. The molecule has 2 aromatic rings. The van der Waals surface area contributed by atoms with Crippen molar-refractivity contribution in [2.24, 2.45) is 5.92 Å². The Hall–Kier alpha value is -2.70. The number of piperidine rings is 1. The molecule has 1 saturated heterocycles. The molecule has 28 heavy (non-hydrogen) atoms. The van der Waals surface area contributed by atoms with Gasteiger partial charge in [-0.05, 0) is 43.7 Å². The Balaban J connectivity index is 1.45. The van der Waals surface area contributed by atoms with Crippen LogP contribution in [0.1, 0.15) is 60.3 Å². The van der Waals surface area contributed by atoms with Gasteiger partial charge < -0.3 is 15.0 Å². The third kappa shape index (κ3) is 4.24. The molecule has 0 radical (unpaired) electrons. The lowest BCUT2D eigenvalue weighted by atomic mass is 10.0. The van der Waals surface area contributed by atoms with E-state index < -0.39 is 0 Å². The first-order valence-electron chi connectivity index (χ1n) is 10.0. The summed E-state index contributed by atoms with van der Waals surface area (Å²) < 4.78 is 4.89. The predicted octanol–water partition coefficient (Wildman–Crippen LogP) is 3.38. The number of pyridine rings is 1. The zero-order valence-corrected chi connectivity index (χ0v) is 16.5. The Bertz CT molecular complexity index is 852. The molecule has 7 nitrogen and oxygen atoms in total. The molecule has 4 rings (SSSR count). The minimum absolute atomic E-state index is 0.315.